The van der Waals surface area contributed by atoms with Crippen LogP contribution in [-0.4, -0.2) is 36.1 Å². The fraction of sp³-hybridized carbons (Fsp3) is 0.412. The van der Waals surface area contributed by atoms with Crippen molar-refractivity contribution in [3.05, 3.63) is 62.4 Å². The quantitative estimate of drug-likeness (QED) is 0.833. The Kier molecular flexibility index (Phi) is 4.82. The summed E-state index contributed by atoms with van der Waals surface area (Å²) < 4.78 is 18.7. The van der Waals surface area contributed by atoms with Gasteiger partial charge in [0.2, 0.25) is 0 Å². The predicted octanol–water partition coefficient (Wildman–Crippen LogP) is 0.921. The summed E-state index contributed by atoms with van der Waals surface area (Å²) in [7, 11) is 1.59. The number of hydrogen-bond donors (Lipinski definition) is 0. The molecular weight excluding hydrogens is 312 g/mol. The van der Waals surface area contributed by atoms with Gasteiger partial charge in [0.1, 0.15) is 5.75 Å². The van der Waals surface area contributed by atoms with Gasteiger partial charge in [-0.1, -0.05) is 12.1 Å². The molecule has 0 aliphatic carbocycles. The Morgan fingerprint density at radius 3 is 2.58 bits per heavy atom. The van der Waals surface area contributed by atoms with E-state index < -0.39 is 11.9 Å². The molecule has 0 saturated carbocycles. The summed E-state index contributed by atoms with van der Waals surface area (Å²) >= 11 is 0. The highest BCUT2D eigenvalue weighted by Crippen LogP contribution is 2.13. The van der Waals surface area contributed by atoms with Crippen LogP contribution in [0.4, 0.5) is 0 Å². The molecular formula is C17H20N2O5. The zero-order valence-electron chi connectivity index (χ0n) is 13.7. The highest BCUT2D eigenvalue weighted by molar-refractivity contribution is 5.27. The fourth-order valence-electron chi connectivity index (χ4n) is 2.65. The topological polar surface area (TPSA) is 71.7 Å². The van der Waals surface area contributed by atoms with E-state index >= 15 is 0 Å². The first-order valence-corrected chi connectivity index (χ1v) is 7.75. The lowest BCUT2D eigenvalue weighted by Crippen LogP contribution is -2.44. The van der Waals surface area contributed by atoms with Gasteiger partial charge in [-0.3, -0.25) is 13.9 Å². The van der Waals surface area contributed by atoms with Gasteiger partial charge >= 0.3 is 5.69 Å². The Hall–Kier alpha value is -2.38. The van der Waals surface area contributed by atoms with Gasteiger partial charge in [-0.15, -0.1) is 0 Å². The highest BCUT2D eigenvalue weighted by Gasteiger charge is 2.20. The molecule has 2 heterocycles. The second-order valence-electron chi connectivity index (χ2n) is 5.64. The van der Waals surface area contributed by atoms with Crippen molar-refractivity contribution in [2.24, 2.45) is 0 Å². The van der Waals surface area contributed by atoms with Gasteiger partial charge in [-0.2, -0.15) is 0 Å². The number of ether oxygens (including phenoxy) is 3. The van der Waals surface area contributed by atoms with Crippen LogP contribution in [0.3, 0.4) is 0 Å². The maximum Gasteiger partial charge on any atom is 0.333 e. The van der Waals surface area contributed by atoms with Crippen LogP contribution >= 0.6 is 0 Å². The van der Waals surface area contributed by atoms with Crippen molar-refractivity contribution in [1.82, 2.24) is 9.13 Å². The maximum absolute atomic E-state index is 12.7. The number of rotatable bonds is 4. The smallest absolute Gasteiger partial charge is 0.333 e. The van der Waals surface area contributed by atoms with E-state index in [0.29, 0.717) is 25.4 Å². The van der Waals surface area contributed by atoms with Gasteiger partial charge < -0.3 is 14.2 Å². The van der Waals surface area contributed by atoms with Crippen LogP contribution in [0.5, 0.6) is 5.75 Å². The summed E-state index contributed by atoms with van der Waals surface area (Å²) in [6, 6.07) is 7.26. The second-order valence-corrected chi connectivity index (χ2v) is 5.64. The monoisotopic (exact) mass is 332 g/mol. The Bertz CT molecular complexity index is 816. The number of benzene rings is 1. The van der Waals surface area contributed by atoms with E-state index in [1.807, 2.05) is 12.1 Å². The molecule has 1 aliphatic rings. The number of hydrogen-bond acceptors (Lipinski definition) is 5. The van der Waals surface area contributed by atoms with Crippen molar-refractivity contribution in [1.29, 1.82) is 0 Å². The summed E-state index contributed by atoms with van der Waals surface area (Å²) in [5.41, 5.74) is 0.617. The van der Waals surface area contributed by atoms with Crippen molar-refractivity contribution in [2.45, 2.75) is 19.7 Å². The Labute approximate surface area is 139 Å². The molecule has 128 valence electrons. The minimum atomic E-state index is -0.507. The summed E-state index contributed by atoms with van der Waals surface area (Å²) in [6.45, 7) is 3.10. The second kappa shape index (κ2) is 7.02. The van der Waals surface area contributed by atoms with E-state index in [2.05, 4.69) is 0 Å². The summed E-state index contributed by atoms with van der Waals surface area (Å²) in [6.07, 6.45) is 1.03. The molecule has 1 aromatic heterocycles. The molecule has 7 nitrogen and oxygen atoms in total. The van der Waals surface area contributed by atoms with Crippen molar-refractivity contribution >= 4 is 0 Å². The fourth-order valence-corrected chi connectivity index (χ4v) is 2.65. The third-order valence-electron chi connectivity index (χ3n) is 3.98. The van der Waals surface area contributed by atoms with E-state index in [9.17, 15) is 9.59 Å². The van der Waals surface area contributed by atoms with Crippen LogP contribution in [0.25, 0.3) is 0 Å². The highest BCUT2D eigenvalue weighted by atomic mass is 16.6. The van der Waals surface area contributed by atoms with E-state index in [1.54, 1.807) is 26.2 Å². The first-order chi connectivity index (χ1) is 11.6. The third kappa shape index (κ3) is 3.27. The van der Waals surface area contributed by atoms with Crippen molar-refractivity contribution < 1.29 is 14.2 Å². The average Bonchev–Trinajstić information content (AvgIpc) is 2.63. The van der Waals surface area contributed by atoms with Gasteiger partial charge in [0.25, 0.3) is 5.56 Å². The van der Waals surface area contributed by atoms with E-state index in [1.165, 1.54) is 15.3 Å². The van der Waals surface area contributed by atoms with Gasteiger partial charge in [-0.25, -0.2) is 4.79 Å². The molecule has 24 heavy (non-hydrogen) atoms. The number of aromatic nitrogens is 2. The molecule has 0 spiro atoms. The Morgan fingerprint density at radius 2 is 1.96 bits per heavy atom. The van der Waals surface area contributed by atoms with Crippen LogP contribution in [0.2, 0.25) is 0 Å². The molecule has 0 bridgehead atoms. The molecule has 0 radical (unpaired) electrons. The van der Waals surface area contributed by atoms with E-state index in [-0.39, 0.29) is 12.1 Å². The van der Waals surface area contributed by atoms with E-state index in [0.717, 1.165) is 11.3 Å². The Balaban J connectivity index is 1.98. The minimum Gasteiger partial charge on any atom is -0.497 e. The van der Waals surface area contributed by atoms with E-state index in [4.69, 9.17) is 14.2 Å². The molecule has 1 fully saturated rings. The van der Waals surface area contributed by atoms with Crippen LogP contribution in [0, 0.1) is 6.92 Å². The number of methoxy groups -OCH3 is 1. The van der Waals surface area contributed by atoms with Crippen molar-refractivity contribution in [2.75, 3.05) is 26.9 Å². The van der Waals surface area contributed by atoms with Crippen LogP contribution in [-0.2, 0) is 16.0 Å². The standard InChI is InChI=1S/C17H20N2O5/c1-12-9-18(15-11-23-7-8-24-15)17(21)19(16(12)20)10-13-3-5-14(22-2)6-4-13/h3-6,9,15H,7-8,10-11H2,1-2H3. The number of aryl methyl sites for hydroxylation is 1. The van der Waals surface area contributed by atoms with Crippen LogP contribution in [0.1, 0.15) is 17.4 Å². The molecule has 1 atom stereocenters. The summed E-state index contributed by atoms with van der Waals surface area (Å²) in [4.78, 5) is 25.1. The minimum absolute atomic E-state index is 0.191. The largest absolute Gasteiger partial charge is 0.497 e. The van der Waals surface area contributed by atoms with Crippen molar-refractivity contribution in [3.8, 4) is 5.75 Å². The molecule has 0 N–H and O–H groups in total. The maximum atomic E-state index is 12.7. The number of nitrogens with zero attached hydrogens (tertiary/aromatic N) is 2. The lowest BCUT2D eigenvalue weighted by atomic mass is 10.2. The third-order valence-corrected chi connectivity index (χ3v) is 3.98. The van der Waals surface area contributed by atoms with Crippen molar-refractivity contribution in [3.63, 3.8) is 0 Å². The molecule has 1 saturated heterocycles. The normalized spacial score (nSPS) is 17.7. The van der Waals surface area contributed by atoms with Gasteiger partial charge in [0, 0.05) is 11.8 Å². The molecule has 1 unspecified atom stereocenters. The predicted molar refractivity (Wildman–Crippen MR) is 87.6 cm³/mol. The van der Waals surface area contributed by atoms with Gasteiger partial charge in [0.05, 0.1) is 33.5 Å². The van der Waals surface area contributed by atoms with Crippen LogP contribution < -0.4 is 16.0 Å². The summed E-state index contributed by atoms with van der Waals surface area (Å²) in [5.74, 6) is 0.723. The Morgan fingerprint density at radius 1 is 1.21 bits per heavy atom. The molecule has 0 amide bonds. The van der Waals surface area contributed by atoms with Gasteiger partial charge in [0.15, 0.2) is 6.23 Å². The molecule has 2 aromatic rings. The molecule has 3 rings (SSSR count). The van der Waals surface area contributed by atoms with Crippen LogP contribution in [0.15, 0.2) is 40.1 Å². The molecule has 1 aliphatic heterocycles. The van der Waals surface area contributed by atoms with Gasteiger partial charge in [-0.05, 0) is 24.6 Å². The lowest BCUT2D eigenvalue weighted by Gasteiger charge is -2.25. The SMILES string of the molecule is COc1ccc(Cn2c(=O)c(C)cn(C3COCCO3)c2=O)cc1. The zero-order chi connectivity index (χ0) is 17.1. The zero-order valence-corrected chi connectivity index (χ0v) is 13.7. The first-order valence-electron chi connectivity index (χ1n) is 7.75. The molecule has 1 aromatic carbocycles. The lowest BCUT2D eigenvalue weighted by molar-refractivity contribution is -0.124. The first kappa shape index (κ1) is 16.5. The average molecular weight is 332 g/mol. The molecule has 7 heteroatoms. The summed E-state index contributed by atoms with van der Waals surface area (Å²) in [5, 5.41) is 0.